The summed E-state index contributed by atoms with van der Waals surface area (Å²) in [5, 5.41) is 21.8. The summed E-state index contributed by atoms with van der Waals surface area (Å²) in [6.45, 7) is -1.22. The van der Waals surface area contributed by atoms with Crippen LogP contribution in [0.1, 0.15) is 71.7 Å². The molecule has 1 aromatic heterocycles. The molecule has 280 valence electrons. The van der Waals surface area contributed by atoms with Crippen molar-refractivity contribution in [3.63, 3.8) is 0 Å². The highest BCUT2D eigenvalue weighted by Crippen LogP contribution is 2.38. The monoisotopic (exact) mass is 764 g/mol. The molecule has 1 atom stereocenters. The van der Waals surface area contributed by atoms with Gasteiger partial charge in [-0.2, -0.15) is 13.5 Å². The van der Waals surface area contributed by atoms with Crippen LogP contribution in [-0.2, 0) is 27.3 Å². The van der Waals surface area contributed by atoms with Gasteiger partial charge in [0.05, 0.1) is 31.4 Å². The summed E-state index contributed by atoms with van der Waals surface area (Å²) in [6, 6.07) is 8.97. The van der Waals surface area contributed by atoms with Crippen molar-refractivity contribution in [2.45, 2.75) is 70.4 Å². The second-order valence-corrected chi connectivity index (χ2v) is 14.3. The lowest BCUT2D eigenvalue weighted by Gasteiger charge is -2.28. The van der Waals surface area contributed by atoms with Crippen molar-refractivity contribution in [2.24, 2.45) is 11.8 Å². The zero-order valence-corrected chi connectivity index (χ0v) is 29.8. The van der Waals surface area contributed by atoms with Gasteiger partial charge in [-0.25, -0.2) is 4.79 Å². The Morgan fingerprint density at radius 2 is 1.54 bits per heavy atom. The fourth-order valence-corrected chi connectivity index (χ4v) is 6.37. The Labute approximate surface area is 309 Å². The van der Waals surface area contributed by atoms with Crippen molar-refractivity contribution < 1.29 is 51.9 Å². The Morgan fingerprint density at radius 3 is 2.17 bits per heavy atom. The highest BCUT2D eigenvalue weighted by atomic mass is 35.5. The number of aliphatic hydroxyl groups excluding tert-OH is 1. The Hall–Kier alpha value is -3.91. The van der Waals surface area contributed by atoms with E-state index in [1.165, 1.54) is 18.2 Å². The van der Waals surface area contributed by atoms with Crippen molar-refractivity contribution in [2.75, 3.05) is 32.8 Å². The molecule has 0 bridgehead atoms. The maximum Gasteiger partial charge on any atom is 0.387 e. The van der Waals surface area contributed by atoms with Gasteiger partial charge in [-0.1, -0.05) is 29.3 Å². The molecule has 6 rings (SSSR count). The lowest BCUT2D eigenvalue weighted by molar-refractivity contribution is -0.605. The molecule has 2 heterocycles. The Morgan fingerprint density at radius 1 is 0.904 bits per heavy atom. The fraction of sp³-hybridized carbons (Fsp3) is 0.486. The molecule has 2 aliphatic carbocycles. The van der Waals surface area contributed by atoms with Crippen molar-refractivity contribution in [3.05, 3.63) is 86.3 Å². The van der Waals surface area contributed by atoms with Crippen LogP contribution in [0.2, 0.25) is 10.0 Å². The summed E-state index contributed by atoms with van der Waals surface area (Å²) in [5.74, 6) is -0.114. The van der Waals surface area contributed by atoms with Gasteiger partial charge in [0.2, 0.25) is 0 Å². The summed E-state index contributed by atoms with van der Waals surface area (Å²) in [4.78, 5) is 28.5. The van der Waals surface area contributed by atoms with Crippen molar-refractivity contribution >= 4 is 35.1 Å². The van der Waals surface area contributed by atoms with Crippen LogP contribution in [0.3, 0.4) is 0 Å². The summed E-state index contributed by atoms with van der Waals surface area (Å²) < 4.78 is 55.2. The number of aromatic nitrogens is 1. The molecule has 3 fully saturated rings. The first-order valence-electron chi connectivity index (χ1n) is 17.3. The van der Waals surface area contributed by atoms with Crippen LogP contribution in [0.5, 0.6) is 17.2 Å². The smallest absolute Gasteiger partial charge is 0.387 e. The lowest BCUT2D eigenvalue weighted by atomic mass is 10.0. The molecule has 0 unspecified atom stereocenters. The third-order valence-electron chi connectivity index (χ3n) is 9.19. The molecule has 1 saturated heterocycles. The number of likely N-dealkylation sites (tertiary alicyclic amines) is 1. The largest absolute Gasteiger partial charge is 0.619 e. The molecule has 0 amide bonds. The van der Waals surface area contributed by atoms with E-state index in [0.717, 1.165) is 38.1 Å². The number of alkyl halides is 2. The second-order valence-electron chi connectivity index (χ2n) is 13.5. The fourth-order valence-electron chi connectivity index (χ4n) is 5.78. The summed E-state index contributed by atoms with van der Waals surface area (Å²) in [6.07, 6.45) is 5.93. The number of aliphatic hydroxyl groups is 1. The molecule has 3 aliphatic rings. The minimum Gasteiger partial charge on any atom is -0.619 e. The number of benzene rings is 2. The Bertz CT molecular complexity index is 1710. The number of piperidine rings is 1. The first kappa shape index (κ1) is 37.8. The Kier molecular flexibility index (Phi) is 12.6. The number of carbonyl (C=O) groups excluding carboxylic acids is 2. The molecule has 1 aliphatic heterocycles. The zero-order valence-electron chi connectivity index (χ0n) is 28.3. The maximum atomic E-state index is 13.9. The highest BCUT2D eigenvalue weighted by molar-refractivity contribution is 6.35. The molecule has 11 nitrogen and oxygen atoms in total. The summed E-state index contributed by atoms with van der Waals surface area (Å²) in [5.41, 5.74) is 1.29. The topological polar surface area (TPSA) is 131 Å². The van der Waals surface area contributed by atoms with E-state index in [1.807, 2.05) is 4.90 Å². The summed E-state index contributed by atoms with van der Waals surface area (Å²) >= 11 is 12.8. The summed E-state index contributed by atoms with van der Waals surface area (Å²) in [7, 11) is 0. The van der Waals surface area contributed by atoms with Gasteiger partial charge in [-0.3, -0.25) is 9.69 Å². The first-order valence-corrected chi connectivity index (χ1v) is 18.1. The lowest BCUT2D eigenvalue weighted by Crippen LogP contribution is -2.39. The highest BCUT2D eigenvalue weighted by Gasteiger charge is 2.28. The first-order chi connectivity index (χ1) is 25.0. The Balaban J connectivity index is 1.24. The number of halogens is 4. The number of nitrogens with zero attached hydrogens (tertiary/aromatic N) is 2. The average Bonchev–Trinajstić information content (AvgIpc) is 4.04. The van der Waals surface area contributed by atoms with Crippen LogP contribution < -0.4 is 18.9 Å². The molecule has 2 saturated carbocycles. The van der Waals surface area contributed by atoms with Crippen LogP contribution >= 0.6 is 23.2 Å². The minimum absolute atomic E-state index is 0.0356. The molecular formula is C37H40Cl2F2N2O9. The number of carbonyl (C=O) groups is 2. The van der Waals surface area contributed by atoms with Crippen LogP contribution in [0, 0.1) is 17.0 Å². The second kappa shape index (κ2) is 17.3. The molecule has 1 N–H and O–H groups in total. The number of rotatable bonds is 17. The molecule has 15 heteroatoms. The standard InChI is InChI=1S/C37H40Cl2F2N2O9/c38-29-16-43(47)17-30(39)28(29)15-33(24-5-8-32(52-37(40)41)34(14-24)49-20-23-3-4-23)51-36(46)25-6-7-31(48-19-22-1-2-22)26(13-25)21-50-35(45)18-42-11-9-27(44)10-12-42/h5-8,13-14,16-17,22-23,27,33,37,44H,1-4,9-12,15,18-21H2/t33-/m0/s1. The van der Waals surface area contributed by atoms with Gasteiger partial charge in [-0.15, -0.1) is 0 Å². The third kappa shape index (κ3) is 10.8. The van der Waals surface area contributed by atoms with E-state index in [0.29, 0.717) is 78.2 Å². The van der Waals surface area contributed by atoms with Gasteiger partial charge in [0.1, 0.15) is 28.5 Å². The van der Waals surface area contributed by atoms with Crippen LogP contribution in [0.4, 0.5) is 8.78 Å². The van der Waals surface area contributed by atoms with E-state index in [1.54, 1.807) is 18.2 Å². The third-order valence-corrected chi connectivity index (χ3v) is 9.84. The molecule has 2 aromatic carbocycles. The number of esters is 2. The minimum atomic E-state index is -3.09. The maximum absolute atomic E-state index is 13.9. The molecule has 3 aromatic rings. The number of hydrogen-bond acceptors (Lipinski definition) is 10. The number of pyridine rings is 1. The SMILES string of the molecule is O=C(CN1CCC(O)CC1)OCc1cc(C(=O)O[C@@H](Cc2c(Cl)c[n+]([O-])cc2Cl)c2ccc(OC(F)F)c(OCC3CC3)c2)ccc1OCC1CC1. The van der Waals surface area contributed by atoms with Crippen LogP contribution in [-0.4, -0.2) is 67.5 Å². The van der Waals surface area contributed by atoms with Gasteiger partial charge >= 0.3 is 18.6 Å². The van der Waals surface area contributed by atoms with E-state index >= 15 is 0 Å². The molecular weight excluding hydrogens is 725 g/mol. The molecule has 0 radical (unpaired) electrons. The predicted octanol–water partition coefficient (Wildman–Crippen LogP) is 6.45. The number of hydrogen-bond donors (Lipinski definition) is 1. The molecule has 0 spiro atoms. The van der Waals surface area contributed by atoms with Gasteiger partial charge in [0, 0.05) is 30.6 Å². The number of ether oxygens (including phenoxy) is 5. The van der Waals surface area contributed by atoms with E-state index in [2.05, 4.69) is 0 Å². The van der Waals surface area contributed by atoms with E-state index < -0.39 is 24.7 Å². The van der Waals surface area contributed by atoms with Gasteiger partial charge in [-0.05, 0) is 86.3 Å². The van der Waals surface area contributed by atoms with Crippen LogP contribution in [0.25, 0.3) is 0 Å². The van der Waals surface area contributed by atoms with Crippen LogP contribution in [0.15, 0.2) is 48.8 Å². The quantitative estimate of drug-likeness (QED) is 0.0931. The van der Waals surface area contributed by atoms with Crippen molar-refractivity contribution in [1.82, 2.24) is 4.90 Å². The van der Waals surface area contributed by atoms with E-state index in [4.69, 9.17) is 46.9 Å². The van der Waals surface area contributed by atoms with Gasteiger partial charge < -0.3 is 34.0 Å². The van der Waals surface area contributed by atoms with Crippen molar-refractivity contribution in [1.29, 1.82) is 0 Å². The normalized spacial score (nSPS) is 17.1. The van der Waals surface area contributed by atoms with Crippen molar-refractivity contribution in [3.8, 4) is 17.2 Å². The molecule has 52 heavy (non-hydrogen) atoms. The average molecular weight is 766 g/mol. The van der Waals surface area contributed by atoms with E-state index in [9.17, 15) is 28.7 Å². The van der Waals surface area contributed by atoms with Gasteiger partial charge in [0.25, 0.3) is 0 Å². The van der Waals surface area contributed by atoms with E-state index in [-0.39, 0.29) is 52.8 Å². The van der Waals surface area contributed by atoms with Gasteiger partial charge in [0.15, 0.2) is 23.9 Å². The zero-order chi connectivity index (χ0) is 36.8. The predicted molar refractivity (Wildman–Crippen MR) is 185 cm³/mol.